The summed E-state index contributed by atoms with van der Waals surface area (Å²) in [6.07, 6.45) is 2.08. The normalized spacial score (nSPS) is 20.7. The molecule has 2 aliphatic rings. The molecular weight excluding hydrogens is 388 g/mol. The Morgan fingerprint density at radius 3 is 2.36 bits per heavy atom. The first-order valence-electron chi connectivity index (χ1n) is 8.69. The van der Waals surface area contributed by atoms with Crippen molar-refractivity contribution in [2.45, 2.75) is 18.9 Å². The molecule has 0 atom stereocenters. The number of hydrogen-bond donors (Lipinski definition) is 0. The van der Waals surface area contributed by atoms with Crippen molar-refractivity contribution in [2.24, 2.45) is 0 Å². The molecule has 2 saturated heterocycles. The van der Waals surface area contributed by atoms with E-state index in [9.17, 15) is 10.1 Å². The second-order valence-electron chi connectivity index (χ2n) is 6.79. The molecule has 1 aromatic carbocycles. The first-order chi connectivity index (χ1) is 12.0. The Bertz CT molecular complexity index is 627. The van der Waals surface area contributed by atoms with Crippen LogP contribution in [0.5, 0.6) is 5.75 Å². The third kappa shape index (κ3) is 4.07. The molecule has 0 spiro atoms. The fourth-order valence-corrected chi connectivity index (χ4v) is 4.24. The third-order valence-electron chi connectivity index (χ3n) is 5.31. The molecule has 2 heterocycles. The molecule has 0 unspecified atom stereocenters. The van der Waals surface area contributed by atoms with Gasteiger partial charge in [0.25, 0.3) is 5.69 Å². The van der Waals surface area contributed by atoms with Crippen molar-refractivity contribution in [1.82, 2.24) is 9.80 Å². The fourth-order valence-electron chi connectivity index (χ4n) is 3.75. The van der Waals surface area contributed by atoms with Crippen molar-refractivity contribution >= 4 is 27.3 Å². The van der Waals surface area contributed by atoms with E-state index >= 15 is 0 Å². The van der Waals surface area contributed by atoms with E-state index in [1.165, 1.54) is 0 Å². The third-order valence-corrected chi connectivity index (χ3v) is 5.92. The zero-order valence-electron chi connectivity index (χ0n) is 14.8. The number of ether oxygens (including phenoxy) is 1. The minimum atomic E-state index is -0.313. The lowest BCUT2D eigenvalue weighted by Crippen LogP contribution is -2.52. The van der Waals surface area contributed by atoms with E-state index in [2.05, 4.69) is 37.7 Å². The van der Waals surface area contributed by atoms with E-state index in [1.807, 2.05) is 0 Å². The number of methoxy groups -OCH3 is 1. The standard InChI is InChI=1S/C17H25BrN4O3/c1-19-7-9-20(10-8-19)13-3-5-21(6-4-13)15-12-17(25-2)14(18)11-16(15)22(23)24/h11-13H,3-10H2,1-2H3. The van der Waals surface area contributed by atoms with Gasteiger partial charge in [-0.2, -0.15) is 0 Å². The van der Waals surface area contributed by atoms with E-state index in [1.54, 1.807) is 19.2 Å². The number of nitrogens with zero attached hydrogens (tertiary/aromatic N) is 4. The van der Waals surface area contributed by atoms with Gasteiger partial charge >= 0.3 is 0 Å². The molecule has 0 saturated carbocycles. The molecule has 0 radical (unpaired) electrons. The summed E-state index contributed by atoms with van der Waals surface area (Å²) >= 11 is 3.34. The summed E-state index contributed by atoms with van der Waals surface area (Å²) in [7, 11) is 3.75. The van der Waals surface area contributed by atoms with Crippen LogP contribution in [0.25, 0.3) is 0 Å². The number of likely N-dealkylation sites (N-methyl/N-ethyl adjacent to an activating group) is 1. The van der Waals surface area contributed by atoms with Gasteiger partial charge < -0.3 is 14.5 Å². The van der Waals surface area contributed by atoms with Crippen LogP contribution in [0.4, 0.5) is 11.4 Å². The Morgan fingerprint density at radius 1 is 1.16 bits per heavy atom. The Hall–Kier alpha value is -1.38. The highest BCUT2D eigenvalue weighted by molar-refractivity contribution is 9.10. The molecule has 0 N–H and O–H groups in total. The first-order valence-corrected chi connectivity index (χ1v) is 9.48. The van der Waals surface area contributed by atoms with Crippen LogP contribution in [0.2, 0.25) is 0 Å². The topological polar surface area (TPSA) is 62.1 Å². The maximum Gasteiger partial charge on any atom is 0.293 e. The quantitative estimate of drug-likeness (QED) is 0.559. The second kappa shape index (κ2) is 7.88. The van der Waals surface area contributed by atoms with Gasteiger partial charge in [0, 0.05) is 57.4 Å². The van der Waals surface area contributed by atoms with Crippen LogP contribution in [-0.2, 0) is 0 Å². The lowest BCUT2D eigenvalue weighted by Gasteiger charge is -2.42. The van der Waals surface area contributed by atoms with Gasteiger partial charge in [-0.25, -0.2) is 0 Å². The zero-order valence-corrected chi connectivity index (χ0v) is 16.4. The van der Waals surface area contributed by atoms with Gasteiger partial charge in [0.15, 0.2) is 0 Å². The Labute approximate surface area is 156 Å². The van der Waals surface area contributed by atoms with Gasteiger partial charge in [-0.05, 0) is 35.8 Å². The zero-order chi connectivity index (χ0) is 18.0. The average Bonchev–Trinajstić information content (AvgIpc) is 2.62. The SMILES string of the molecule is COc1cc(N2CCC(N3CCN(C)CC3)CC2)c([N+](=O)[O-])cc1Br. The number of nitro groups is 1. The van der Waals surface area contributed by atoms with Gasteiger partial charge in [0.05, 0.1) is 16.5 Å². The van der Waals surface area contributed by atoms with Gasteiger partial charge in [0.2, 0.25) is 0 Å². The van der Waals surface area contributed by atoms with Crippen molar-refractivity contribution in [2.75, 3.05) is 58.3 Å². The largest absolute Gasteiger partial charge is 0.495 e. The van der Waals surface area contributed by atoms with Crippen molar-refractivity contribution in [3.8, 4) is 5.75 Å². The molecule has 0 aromatic heterocycles. The molecule has 138 valence electrons. The molecule has 1 aromatic rings. The number of benzene rings is 1. The van der Waals surface area contributed by atoms with Crippen LogP contribution < -0.4 is 9.64 Å². The molecular formula is C17H25BrN4O3. The van der Waals surface area contributed by atoms with Gasteiger partial charge in [-0.3, -0.25) is 15.0 Å². The molecule has 3 rings (SSSR count). The smallest absolute Gasteiger partial charge is 0.293 e. The summed E-state index contributed by atoms with van der Waals surface area (Å²) in [5, 5.41) is 11.5. The number of rotatable bonds is 4. The second-order valence-corrected chi connectivity index (χ2v) is 7.64. The van der Waals surface area contributed by atoms with Crippen LogP contribution >= 0.6 is 15.9 Å². The molecule has 25 heavy (non-hydrogen) atoms. The average molecular weight is 413 g/mol. The maximum absolute atomic E-state index is 11.5. The van der Waals surface area contributed by atoms with E-state index < -0.39 is 0 Å². The molecule has 7 nitrogen and oxygen atoms in total. The molecule has 0 bridgehead atoms. The number of hydrogen-bond acceptors (Lipinski definition) is 6. The summed E-state index contributed by atoms with van der Waals surface area (Å²) in [5.41, 5.74) is 0.785. The highest BCUT2D eigenvalue weighted by Crippen LogP contribution is 2.39. The molecule has 2 aliphatic heterocycles. The lowest BCUT2D eigenvalue weighted by atomic mass is 10.0. The van der Waals surface area contributed by atoms with Gasteiger partial charge in [-0.1, -0.05) is 0 Å². The van der Waals surface area contributed by atoms with Crippen LogP contribution in [-0.4, -0.2) is 74.2 Å². The number of anilines is 1. The number of piperazine rings is 1. The van der Waals surface area contributed by atoms with E-state index in [0.29, 0.717) is 22.0 Å². The molecule has 2 fully saturated rings. The predicted molar refractivity (Wildman–Crippen MR) is 102 cm³/mol. The monoisotopic (exact) mass is 412 g/mol. The highest BCUT2D eigenvalue weighted by atomic mass is 79.9. The summed E-state index contributed by atoms with van der Waals surface area (Å²) in [5.74, 6) is 0.627. The van der Waals surface area contributed by atoms with Gasteiger partial charge in [0.1, 0.15) is 11.4 Å². The number of nitro benzene ring substituents is 1. The molecule has 0 amide bonds. The van der Waals surface area contributed by atoms with Crippen molar-refractivity contribution in [1.29, 1.82) is 0 Å². The number of piperidine rings is 1. The minimum Gasteiger partial charge on any atom is -0.495 e. The summed E-state index contributed by atoms with van der Waals surface area (Å²) in [6, 6.07) is 3.90. The van der Waals surface area contributed by atoms with Crippen molar-refractivity contribution in [3.63, 3.8) is 0 Å². The van der Waals surface area contributed by atoms with Crippen molar-refractivity contribution in [3.05, 3.63) is 26.7 Å². The fraction of sp³-hybridized carbons (Fsp3) is 0.647. The van der Waals surface area contributed by atoms with Crippen molar-refractivity contribution < 1.29 is 9.66 Å². The van der Waals surface area contributed by atoms with Crippen LogP contribution in [0, 0.1) is 10.1 Å². The summed E-state index contributed by atoms with van der Waals surface area (Å²) < 4.78 is 5.94. The van der Waals surface area contributed by atoms with Crippen LogP contribution in [0.3, 0.4) is 0 Å². The van der Waals surface area contributed by atoms with E-state index in [0.717, 1.165) is 52.1 Å². The summed E-state index contributed by atoms with van der Waals surface area (Å²) in [4.78, 5) is 18.2. The molecule has 8 heteroatoms. The molecule has 0 aliphatic carbocycles. The lowest BCUT2D eigenvalue weighted by molar-refractivity contribution is -0.384. The van der Waals surface area contributed by atoms with Crippen LogP contribution in [0.15, 0.2) is 16.6 Å². The van der Waals surface area contributed by atoms with E-state index in [-0.39, 0.29) is 10.6 Å². The highest BCUT2D eigenvalue weighted by Gasteiger charge is 2.30. The Morgan fingerprint density at radius 2 is 1.80 bits per heavy atom. The van der Waals surface area contributed by atoms with Crippen LogP contribution in [0.1, 0.15) is 12.8 Å². The maximum atomic E-state index is 11.5. The van der Waals surface area contributed by atoms with Gasteiger partial charge in [-0.15, -0.1) is 0 Å². The predicted octanol–water partition coefficient (Wildman–Crippen LogP) is 2.58. The Kier molecular flexibility index (Phi) is 5.81. The summed E-state index contributed by atoms with van der Waals surface area (Å²) in [6.45, 7) is 6.15. The Balaban J connectivity index is 1.71. The minimum absolute atomic E-state index is 0.130. The first kappa shape index (κ1) is 18.4. The van der Waals surface area contributed by atoms with E-state index in [4.69, 9.17) is 4.74 Å². The number of halogens is 1.